The summed E-state index contributed by atoms with van der Waals surface area (Å²) in [7, 11) is 16.0. The molecule has 1 saturated carbocycles. The first-order valence-electron chi connectivity index (χ1n) is 17.6. The summed E-state index contributed by atoms with van der Waals surface area (Å²) in [5.41, 5.74) is 12.8. The second kappa shape index (κ2) is 12.5. The fraction of sp³-hybridized carbons (Fsp3) is 0.450. The molecule has 0 heterocycles. The average Bonchev–Trinajstić information content (AvgIpc) is 3.59. The van der Waals surface area contributed by atoms with E-state index in [4.69, 9.17) is 17.0 Å². The summed E-state index contributed by atoms with van der Waals surface area (Å²) >= 11 is -4.75. The van der Waals surface area contributed by atoms with Crippen LogP contribution in [0.1, 0.15) is 100 Å². The molecule has 6 rings (SSSR count). The Kier molecular flexibility index (Phi) is 9.41. The Labute approximate surface area is 283 Å². The molecule has 45 heavy (non-hydrogen) atoms. The minimum atomic E-state index is -4.75. The SMILES string of the molecule is CCC(C)c1cccc2c1C=C(C1CCCCC1)[CH]2[Zr]([Cl])([Cl])([CH]1C(C)=Cc2c(-c3ccc([Si](C)(C)C)cc3)cccc21)[SiH](C)C. The van der Waals surface area contributed by atoms with Crippen molar-refractivity contribution in [2.45, 2.75) is 105 Å². The van der Waals surface area contributed by atoms with E-state index in [1.165, 1.54) is 81.8 Å². The number of hydrogen-bond acceptors (Lipinski definition) is 0. The molecule has 3 aliphatic carbocycles. The third-order valence-electron chi connectivity index (χ3n) is 11.9. The van der Waals surface area contributed by atoms with Crippen LogP contribution in [0.4, 0.5) is 0 Å². The van der Waals surface area contributed by atoms with E-state index in [-0.39, 0.29) is 7.25 Å². The van der Waals surface area contributed by atoms with Gasteiger partial charge in [-0.05, 0) is 0 Å². The zero-order chi connectivity index (χ0) is 32.3. The van der Waals surface area contributed by atoms with E-state index in [0.717, 1.165) is 6.42 Å². The zero-order valence-electron chi connectivity index (χ0n) is 28.8. The molecule has 3 aliphatic rings. The van der Waals surface area contributed by atoms with Crippen LogP contribution in [0.2, 0.25) is 32.7 Å². The molecule has 3 unspecified atom stereocenters. The molecule has 3 aromatic rings. The first-order valence-corrected chi connectivity index (χ1v) is 37.4. The van der Waals surface area contributed by atoms with Crippen molar-refractivity contribution in [1.29, 1.82) is 0 Å². The topological polar surface area (TPSA) is 0 Å². The molecule has 0 aromatic heterocycles. The van der Waals surface area contributed by atoms with Gasteiger partial charge in [-0.2, -0.15) is 0 Å². The molecule has 1 fully saturated rings. The summed E-state index contributed by atoms with van der Waals surface area (Å²) in [5, 5.41) is 1.50. The van der Waals surface area contributed by atoms with Gasteiger partial charge in [0.1, 0.15) is 0 Å². The van der Waals surface area contributed by atoms with E-state index in [9.17, 15) is 0 Å². The van der Waals surface area contributed by atoms with Crippen molar-refractivity contribution in [1.82, 2.24) is 0 Å². The molecule has 0 spiro atoms. The third kappa shape index (κ3) is 5.67. The van der Waals surface area contributed by atoms with Crippen molar-refractivity contribution in [3.05, 3.63) is 99.6 Å². The second-order valence-corrected chi connectivity index (χ2v) is 63.5. The second-order valence-electron chi connectivity index (χ2n) is 15.9. The Morgan fingerprint density at radius 1 is 0.822 bits per heavy atom. The average molecular weight is 752 g/mol. The van der Waals surface area contributed by atoms with Crippen LogP contribution in [-0.2, 0) is 15.6 Å². The molecule has 0 aliphatic heterocycles. The normalized spacial score (nSPS) is 22.0. The van der Waals surface area contributed by atoms with Gasteiger partial charge in [-0.1, -0.05) is 0 Å². The Balaban J connectivity index is 1.54. The van der Waals surface area contributed by atoms with Crippen LogP contribution in [-0.4, -0.2) is 14.0 Å². The Hall–Kier alpha value is -0.963. The molecule has 0 N–H and O–H groups in total. The summed E-state index contributed by atoms with van der Waals surface area (Å²) in [6.07, 6.45) is 12.8. The molecule has 0 nitrogen and oxygen atoms in total. The van der Waals surface area contributed by atoms with Crippen molar-refractivity contribution in [3.8, 4) is 11.1 Å². The number of rotatable bonds is 8. The van der Waals surface area contributed by atoms with E-state index in [1.54, 1.807) is 5.57 Å². The molecule has 3 aromatic carbocycles. The Morgan fingerprint density at radius 3 is 2.04 bits per heavy atom. The summed E-state index contributed by atoms with van der Waals surface area (Å²) in [4.78, 5) is 0. The van der Waals surface area contributed by atoms with Gasteiger partial charge in [0, 0.05) is 0 Å². The summed E-state index contributed by atoms with van der Waals surface area (Å²) in [5.74, 6) is -0.451. The van der Waals surface area contributed by atoms with E-state index < -0.39 is 29.6 Å². The van der Waals surface area contributed by atoms with Crippen LogP contribution in [0.25, 0.3) is 23.3 Å². The predicted molar refractivity (Wildman–Crippen MR) is 204 cm³/mol. The van der Waals surface area contributed by atoms with Crippen molar-refractivity contribution in [3.63, 3.8) is 0 Å². The fourth-order valence-electron chi connectivity index (χ4n) is 9.02. The third-order valence-corrected chi connectivity index (χ3v) is 65.9. The maximum absolute atomic E-state index is 8.70. The fourth-order valence-corrected chi connectivity index (χ4v) is 42.2. The summed E-state index contributed by atoms with van der Waals surface area (Å²) in [6, 6.07) is 23.5. The molecule has 0 amide bonds. The zero-order valence-corrected chi connectivity index (χ0v) is 34.9. The van der Waals surface area contributed by atoms with Gasteiger partial charge in [0.2, 0.25) is 0 Å². The molecule has 0 saturated heterocycles. The van der Waals surface area contributed by atoms with Crippen LogP contribution in [0.15, 0.2) is 71.8 Å². The van der Waals surface area contributed by atoms with Crippen LogP contribution >= 0.6 is 17.0 Å². The summed E-state index contributed by atoms with van der Waals surface area (Å²) < 4.78 is 0.343. The summed E-state index contributed by atoms with van der Waals surface area (Å²) in [6.45, 7) is 19.3. The standard InChI is InChI=1S/C19H21Si.C19H25.C2H7Si.2ClH.Zr/c1-14-12-16-6-5-7-18(19(16)13-14)15-8-10-17(11-9-15)20(2,3)4;1-3-14(2)18-11-7-10-16-12-17(13-19(16)18)15-8-5-4-6-9-15;1-3-2;;;/h5-13H,1-4H3;7,10-15H,3-6,8-9H2,1-2H3;3H,1-2H3;2*1H;/q;;;;;+2/p-2. The molecular formula is C40H53Cl2Si2Zr. The van der Waals surface area contributed by atoms with E-state index in [2.05, 4.69) is 126 Å². The number of fused-ring (bicyclic) bond motifs is 2. The van der Waals surface area contributed by atoms with E-state index >= 15 is 0 Å². The van der Waals surface area contributed by atoms with Crippen molar-refractivity contribution in [2.24, 2.45) is 5.92 Å². The first kappa shape index (κ1) is 33.9. The number of benzene rings is 3. The van der Waals surface area contributed by atoms with Crippen molar-refractivity contribution in [2.75, 3.05) is 0 Å². The van der Waals surface area contributed by atoms with Gasteiger partial charge in [-0.3, -0.25) is 0 Å². The molecule has 3 atom stereocenters. The van der Waals surface area contributed by atoms with Gasteiger partial charge in [-0.25, -0.2) is 0 Å². The van der Waals surface area contributed by atoms with Crippen LogP contribution in [0.5, 0.6) is 0 Å². The van der Waals surface area contributed by atoms with Crippen molar-refractivity contribution >= 4 is 48.4 Å². The quantitative estimate of drug-likeness (QED) is 0.201. The Morgan fingerprint density at radius 2 is 1.44 bits per heavy atom. The minimum absolute atomic E-state index is 0.146. The number of allylic oxidation sites excluding steroid dienone is 2. The number of hydrogen-bond donors (Lipinski definition) is 0. The molecule has 0 bridgehead atoms. The van der Waals surface area contributed by atoms with Gasteiger partial charge >= 0.3 is 286 Å². The van der Waals surface area contributed by atoms with Crippen LogP contribution in [0, 0.1) is 5.92 Å². The van der Waals surface area contributed by atoms with Crippen LogP contribution < -0.4 is 5.19 Å². The van der Waals surface area contributed by atoms with Gasteiger partial charge < -0.3 is 0 Å². The maximum atomic E-state index is 8.70. The number of halogens is 2. The van der Waals surface area contributed by atoms with Crippen molar-refractivity contribution < 1.29 is 15.6 Å². The molecule has 0 radical (unpaired) electrons. The van der Waals surface area contributed by atoms with E-state index in [1.807, 2.05) is 0 Å². The predicted octanol–water partition coefficient (Wildman–Crippen LogP) is 12.6. The van der Waals surface area contributed by atoms with Gasteiger partial charge in [0.25, 0.3) is 0 Å². The van der Waals surface area contributed by atoms with Gasteiger partial charge in [-0.15, -0.1) is 0 Å². The molecule has 5 heteroatoms. The molecule has 239 valence electrons. The monoisotopic (exact) mass is 749 g/mol. The van der Waals surface area contributed by atoms with Crippen LogP contribution in [0.3, 0.4) is 0 Å². The van der Waals surface area contributed by atoms with Gasteiger partial charge in [0.15, 0.2) is 0 Å². The van der Waals surface area contributed by atoms with E-state index in [0.29, 0.717) is 11.8 Å². The Bertz CT molecular complexity index is 1650. The first-order chi connectivity index (χ1) is 21.3. The van der Waals surface area contributed by atoms with Gasteiger partial charge in [0.05, 0.1) is 0 Å². The molecular weight excluding hydrogens is 699 g/mol.